The summed E-state index contributed by atoms with van der Waals surface area (Å²) in [7, 11) is 0. The van der Waals surface area contributed by atoms with Crippen LogP contribution < -0.4 is 5.32 Å². The Labute approximate surface area is 93.4 Å². The first-order valence-electron chi connectivity index (χ1n) is 4.41. The van der Waals surface area contributed by atoms with Gasteiger partial charge in [-0.25, -0.2) is 0 Å². The molecule has 1 aromatic heterocycles. The van der Waals surface area contributed by atoms with E-state index in [4.69, 9.17) is 5.26 Å². The van der Waals surface area contributed by atoms with Crippen LogP contribution >= 0.6 is 11.8 Å². The lowest BCUT2D eigenvalue weighted by Crippen LogP contribution is -2.13. The number of hydrogen-bond acceptors (Lipinski definition) is 4. The largest absolute Gasteiger partial charge is 0.272 e. The van der Waals surface area contributed by atoms with Crippen LogP contribution in [-0.2, 0) is 6.54 Å². The highest BCUT2D eigenvalue weighted by atomic mass is 32.2. The number of aliphatic imine (C=N–C) groups is 1. The maximum absolute atomic E-state index is 8.43. The Bertz CT molecular complexity index is 377. The van der Waals surface area contributed by atoms with Gasteiger partial charge < -0.3 is 0 Å². The minimum absolute atomic E-state index is 0.540. The molecule has 78 valence electrons. The summed E-state index contributed by atoms with van der Waals surface area (Å²) in [5.74, 6) is 0. The number of thioether (sulfide) groups is 1. The van der Waals surface area contributed by atoms with Crippen molar-refractivity contribution in [2.75, 3.05) is 6.26 Å². The maximum atomic E-state index is 8.43. The average molecular weight is 220 g/mol. The molecule has 0 aromatic carbocycles. The van der Waals surface area contributed by atoms with Crippen LogP contribution in [0.5, 0.6) is 0 Å². The quantitative estimate of drug-likeness (QED) is 0.356. The molecule has 0 aliphatic rings. The van der Waals surface area contributed by atoms with Crippen molar-refractivity contribution in [3.05, 3.63) is 29.6 Å². The third kappa shape index (κ3) is 4.00. The van der Waals surface area contributed by atoms with Crippen molar-refractivity contribution in [2.45, 2.75) is 13.5 Å². The van der Waals surface area contributed by atoms with Crippen molar-refractivity contribution >= 4 is 16.9 Å². The number of amidine groups is 1. The van der Waals surface area contributed by atoms with E-state index in [1.54, 1.807) is 6.20 Å². The molecule has 1 aromatic rings. The molecule has 0 radical (unpaired) electrons. The molecule has 1 heterocycles. The van der Waals surface area contributed by atoms with E-state index >= 15 is 0 Å². The molecule has 0 unspecified atom stereocenters. The fourth-order valence-electron chi connectivity index (χ4n) is 0.958. The molecular formula is C10H12N4S. The van der Waals surface area contributed by atoms with Crippen LogP contribution in [0.15, 0.2) is 23.3 Å². The van der Waals surface area contributed by atoms with Crippen LogP contribution in [0.4, 0.5) is 0 Å². The summed E-state index contributed by atoms with van der Waals surface area (Å²) in [5, 5.41) is 11.6. The Balaban J connectivity index is 2.62. The normalized spacial score (nSPS) is 10.9. The standard InChI is InChI=1S/C10H12N4S/c1-8-3-4-9(5-12-8)6-13-10(15-2)14-7-11/h3-5H,6H2,1-2H3,(H,13,14). The van der Waals surface area contributed by atoms with Crippen LogP contribution in [0.3, 0.4) is 0 Å². The van der Waals surface area contributed by atoms with E-state index in [2.05, 4.69) is 15.3 Å². The Morgan fingerprint density at radius 1 is 1.67 bits per heavy atom. The second-order valence-corrected chi connectivity index (χ2v) is 3.67. The molecule has 0 atom stereocenters. The topological polar surface area (TPSA) is 61.1 Å². The first kappa shape index (κ1) is 11.5. The summed E-state index contributed by atoms with van der Waals surface area (Å²) in [6.07, 6.45) is 5.51. The van der Waals surface area contributed by atoms with E-state index in [1.165, 1.54) is 11.8 Å². The van der Waals surface area contributed by atoms with Crippen molar-refractivity contribution in [1.29, 1.82) is 5.26 Å². The maximum Gasteiger partial charge on any atom is 0.183 e. The summed E-state index contributed by atoms with van der Waals surface area (Å²) >= 11 is 1.41. The predicted molar refractivity (Wildman–Crippen MR) is 62.4 cm³/mol. The zero-order valence-corrected chi connectivity index (χ0v) is 9.51. The number of nitrogens with one attached hydrogen (secondary N) is 1. The van der Waals surface area contributed by atoms with E-state index < -0.39 is 0 Å². The van der Waals surface area contributed by atoms with E-state index in [1.807, 2.05) is 31.5 Å². The average Bonchev–Trinajstić information content (AvgIpc) is 2.26. The van der Waals surface area contributed by atoms with Gasteiger partial charge in [-0.3, -0.25) is 15.3 Å². The smallest absolute Gasteiger partial charge is 0.183 e. The minimum atomic E-state index is 0.540. The SMILES string of the molecule is CSC(=NCc1ccc(C)nc1)NC#N. The highest BCUT2D eigenvalue weighted by Gasteiger charge is 1.95. The van der Waals surface area contributed by atoms with Gasteiger partial charge in [0.25, 0.3) is 0 Å². The van der Waals surface area contributed by atoms with Gasteiger partial charge in [0.05, 0.1) is 6.54 Å². The first-order valence-corrected chi connectivity index (χ1v) is 5.64. The second-order valence-electron chi connectivity index (χ2n) is 2.87. The Morgan fingerprint density at radius 3 is 3.00 bits per heavy atom. The molecule has 0 spiro atoms. The highest BCUT2D eigenvalue weighted by molar-refractivity contribution is 8.13. The summed E-state index contributed by atoms with van der Waals surface area (Å²) < 4.78 is 0. The van der Waals surface area contributed by atoms with E-state index in [0.717, 1.165) is 11.3 Å². The molecule has 0 aliphatic heterocycles. The lowest BCUT2D eigenvalue weighted by molar-refractivity contribution is 1.02. The number of hydrogen-bond donors (Lipinski definition) is 1. The number of nitriles is 1. The molecule has 15 heavy (non-hydrogen) atoms. The fraction of sp³-hybridized carbons (Fsp3) is 0.300. The summed E-state index contributed by atoms with van der Waals surface area (Å²) in [6, 6.07) is 3.93. The van der Waals surface area contributed by atoms with Crippen molar-refractivity contribution in [2.24, 2.45) is 4.99 Å². The number of rotatable bonds is 2. The van der Waals surface area contributed by atoms with Crippen LogP contribution in [-0.4, -0.2) is 16.4 Å². The summed E-state index contributed by atoms with van der Waals surface area (Å²) in [4.78, 5) is 8.41. The number of pyridine rings is 1. The molecule has 0 saturated carbocycles. The third-order valence-electron chi connectivity index (χ3n) is 1.73. The van der Waals surface area contributed by atoms with Crippen LogP contribution in [0.1, 0.15) is 11.3 Å². The van der Waals surface area contributed by atoms with Crippen molar-refractivity contribution in [1.82, 2.24) is 10.3 Å². The summed E-state index contributed by atoms with van der Waals surface area (Å²) in [5.41, 5.74) is 2.02. The van der Waals surface area contributed by atoms with E-state index in [9.17, 15) is 0 Å². The molecule has 0 bridgehead atoms. The fourth-order valence-corrected chi connectivity index (χ4v) is 1.30. The van der Waals surface area contributed by atoms with Crippen molar-refractivity contribution < 1.29 is 0 Å². The van der Waals surface area contributed by atoms with Crippen LogP contribution in [0, 0.1) is 18.4 Å². The van der Waals surface area contributed by atoms with Gasteiger partial charge in [-0.15, -0.1) is 0 Å². The van der Waals surface area contributed by atoms with Crippen LogP contribution in [0.2, 0.25) is 0 Å². The number of aryl methyl sites for hydroxylation is 1. The van der Waals surface area contributed by atoms with Gasteiger partial charge in [-0.05, 0) is 24.8 Å². The lowest BCUT2D eigenvalue weighted by Gasteiger charge is -2.00. The van der Waals surface area contributed by atoms with Crippen molar-refractivity contribution in [3.63, 3.8) is 0 Å². The van der Waals surface area contributed by atoms with Gasteiger partial charge in [-0.1, -0.05) is 17.8 Å². The molecular weight excluding hydrogens is 208 g/mol. The van der Waals surface area contributed by atoms with Gasteiger partial charge in [-0.2, -0.15) is 5.26 Å². The van der Waals surface area contributed by atoms with Gasteiger partial charge in [0, 0.05) is 11.9 Å². The number of nitrogens with zero attached hydrogens (tertiary/aromatic N) is 3. The van der Waals surface area contributed by atoms with E-state index in [0.29, 0.717) is 11.7 Å². The first-order chi connectivity index (χ1) is 7.26. The molecule has 0 aliphatic carbocycles. The zero-order chi connectivity index (χ0) is 11.1. The lowest BCUT2D eigenvalue weighted by atomic mass is 10.2. The van der Waals surface area contributed by atoms with E-state index in [-0.39, 0.29) is 0 Å². The van der Waals surface area contributed by atoms with Gasteiger partial charge in [0.15, 0.2) is 11.4 Å². The molecule has 5 heteroatoms. The minimum Gasteiger partial charge on any atom is -0.272 e. The Hall–Kier alpha value is -1.54. The molecule has 0 amide bonds. The molecule has 4 nitrogen and oxygen atoms in total. The Morgan fingerprint density at radius 2 is 2.47 bits per heavy atom. The second kappa shape index (κ2) is 6.04. The molecule has 0 saturated heterocycles. The summed E-state index contributed by atoms with van der Waals surface area (Å²) in [6.45, 7) is 2.48. The number of aromatic nitrogens is 1. The third-order valence-corrected chi connectivity index (χ3v) is 2.35. The zero-order valence-electron chi connectivity index (χ0n) is 8.69. The van der Waals surface area contributed by atoms with Gasteiger partial charge in [0.1, 0.15) is 0 Å². The van der Waals surface area contributed by atoms with Gasteiger partial charge >= 0.3 is 0 Å². The van der Waals surface area contributed by atoms with Crippen LogP contribution in [0.25, 0.3) is 0 Å². The molecule has 1 rings (SSSR count). The monoisotopic (exact) mass is 220 g/mol. The Kier molecular flexibility index (Phi) is 4.64. The van der Waals surface area contributed by atoms with Gasteiger partial charge in [0.2, 0.25) is 0 Å². The molecule has 1 N–H and O–H groups in total. The molecule has 0 fully saturated rings. The van der Waals surface area contributed by atoms with Crippen molar-refractivity contribution in [3.8, 4) is 6.19 Å². The highest BCUT2D eigenvalue weighted by Crippen LogP contribution is 2.03. The predicted octanol–water partition coefficient (Wildman–Crippen LogP) is 1.68.